The van der Waals surface area contributed by atoms with Crippen molar-refractivity contribution in [3.05, 3.63) is 10.3 Å². The minimum atomic E-state index is 0.597. The molecule has 0 aliphatic heterocycles. The van der Waals surface area contributed by atoms with Crippen LogP contribution in [0.5, 0.6) is 0 Å². The van der Waals surface area contributed by atoms with Crippen LogP contribution in [0.1, 0.15) is 5.69 Å². The Hall–Kier alpha value is -0.0900. The molecule has 0 saturated heterocycles. The Balaban J connectivity index is 2.87. The number of hydrogen-bond acceptors (Lipinski definition) is 2. The zero-order chi connectivity index (χ0) is 7.56. The van der Waals surface area contributed by atoms with Crippen LogP contribution in [0.2, 0.25) is 0 Å². The predicted molar refractivity (Wildman–Crippen MR) is 43.1 cm³/mol. The number of aromatic nitrogens is 3. The summed E-state index contributed by atoms with van der Waals surface area (Å²) in [7, 11) is 1.85. The van der Waals surface area contributed by atoms with Gasteiger partial charge in [-0.1, -0.05) is 5.21 Å². The molecule has 1 rings (SSSR count). The van der Waals surface area contributed by atoms with Crippen molar-refractivity contribution in [1.29, 1.82) is 0 Å². The zero-order valence-electron chi connectivity index (χ0n) is 5.51. The third-order valence-corrected chi connectivity index (χ3v) is 2.03. The lowest BCUT2D eigenvalue weighted by molar-refractivity contribution is 0.682. The number of nitrogens with zero attached hydrogens (tertiary/aromatic N) is 3. The molecule has 0 aliphatic carbocycles. The van der Waals surface area contributed by atoms with Gasteiger partial charge in [-0.05, 0) is 15.9 Å². The van der Waals surface area contributed by atoms with Crippen LogP contribution in [-0.4, -0.2) is 20.9 Å². The summed E-state index contributed by atoms with van der Waals surface area (Å²) in [6.07, 6.45) is 0.797. The van der Waals surface area contributed by atoms with Gasteiger partial charge in [-0.3, -0.25) is 4.68 Å². The van der Waals surface area contributed by atoms with Gasteiger partial charge in [-0.2, -0.15) is 0 Å². The molecule has 0 bridgehead atoms. The lowest BCUT2D eigenvalue weighted by atomic mass is 10.4. The molecule has 0 radical (unpaired) electrons. The molecule has 3 nitrogen and oxygen atoms in total. The molecule has 0 N–H and O–H groups in total. The van der Waals surface area contributed by atoms with Crippen LogP contribution in [-0.2, 0) is 13.5 Å². The van der Waals surface area contributed by atoms with Crippen molar-refractivity contribution >= 4 is 27.5 Å². The van der Waals surface area contributed by atoms with E-state index in [0.717, 1.165) is 16.7 Å². The first-order valence-corrected chi connectivity index (χ1v) is 4.18. The van der Waals surface area contributed by atoms with Crippen molar-refractivity contribution in [2.45, 2.75) is 6.42 Å². The molecular formula is C5H7BrClN3. The van der Waals surface area contributed by atoms with E-state index in [-0.39, 0.29) is 0 Å². The summed E-state index contributed by atoms with van der Waals surface area (Å²) in [6.45, 7) is 0. The molecular weight excluding hydrogens is 217 g/mol. The van der Waals surface area contributed by atoms with Gasteiger partial charge in [0.2, 0.25) is 0 Å². The van der Waals surface area contributed by atoms with Crippen molar-refractivity contribution in [3.8, 4) is 0 Å². The summed E-state index contributed by atoms with van der Waals surface area (Å²) in [5, 5.41) is 7.60. The highest BCUT2D eigenvalue weighted by Gasteiger charge is 2.05. The van der Waals surface area contributed by atoms with Crippen LogP contribution in [0, 0.1) is 0 Å². The fourth-order valence-electron chi connectivity index (χ4n) is 0.706. The molecule has 0 spiro atoms. The lowest BCUT2D eigenvalue weighted by Crippen LogP contribution is -1.98. The highest BCUT2D eigenvalue weighted by molar-refractivity contribution is 9.10. The molecule has 56 valence electrons. The van der Waals surface area contributed by atoms with Gasteiger partial charge in [0.1, 0.15) is 0 Å². The first-order chi connectivity index (χ1) is 4.75. The summed E-state index contributed by atoms with van der Waals surface area (Å²) < 4.78 is 2.50. The van der Waals surface area contributed by atoms with Gasteiger partial charge in [0.25, 0.3) is 0 Å². The first-order valence-electron chi connectivity index (χ1n) is 2.85. The normalized spacial score (nSPS) is 10.3. The second-order valence-electron chi connectivity index (χ2n) is 1.89. The van der Waals surface area contributed by atoms with Gasteiger partial charge >= 0.3 is 0 Å². The molecule has 1 aromatic rings. The quantitative estimate of drug-likeness (QED) is 0.710. The third kappa shape index (κ3) is 1.49. The summed E-state index contributed by atoms with van der Waals surface area (Å²) >= 11 is 8.81. The number of alkyl halides is 1. The fourth-order valence-corrected chi connectivity index (χ4v) is 1.41. The third-order valence-electron chi connectivity index (χ3n) is 1.23. The topological polar surface area (TPSA) is 30.7 Å². The molecule has 0 saturated carbocycles. The van der Waals surface area contributed by atoms with Gasteiger partial charge in [-0.25, -0.2) is 0 Å². The molecule has 1 heterocycles. The highest BCUT2D eigenvalue weighted by atomic mass is 79.9. The fraction of sp³-hybridized carbons (Fsp3) is 0.600. The van der Waals surface area contributed by atoms with Crippen LogP contribution in [0.3, 0.4) is 0 Å². The van der Waals surface area contributed by atoms with Crippen LogP contribution in [0.25, 0.3) is 0 Å². The second-order valence-corrected chi connectivity index (χ2v) is 3.02. The Bertz CT molecular complexity index is 203. The van der Waals surface area contributed by atoms with Gasteiger partial charge in [-0.15, -0.1) is 16.7 Å². The van der Waals surface area contributed by atoms with Crippen LogP contribution in [0.15, 0.2) is 4.60 Å². The van der Waals surface area contributed by atoms with Crippen LogP contribution < -0.4 is 0 Å². The minimum Gasteiger partial charge on any atom is -0.251 e. The average molecular weight is 224 g/mol. The van der Waals surface area contributed by atoms with Crippen molar-refractivity contribution in [2.24, 2.45) is 7.05 Å². The molecule has 0 fully saturated rings. The smallest absolute Gasteiger partial charge is 0.151 e. The molecule has 1 aromatic heterocycles. The first kappa shape index (κ1) is 8.01. The largest absolute Gasteiger partial charge is 0.251 e. The molecule has 0 amide bonds. The van der Waals surface area contributed by atoms with Gasteiger partial charge in [0.15, 0.2) is 4.60 Å². The SMILES string of the molecule is Cn1nnc(Br)c1CCCl. The van der Waals surface area contributed by atoms with Crippen molar-refractivity contribution in [2.75, 3.05) is 5.88 Å². The molecule has 0 aliphatic rings. The van der Waals surface area contributed by atoms with Crippen molar-refractivity contribution in [3.63, 3.8) is 0 Å². The Morgan fingerprint density at radius 2 is 2.40 bits per heavy atom. The molecule has 0 unspecified atom stereocenters. The maximum atomic E-state index is 5.55. The number of aryl methyl sites for hydroxylation is 1. The summed E-state index contributed by atoms with van der Waals surface area (Å²) in [5.74, 6) is 0.597. The van der Waals surface area contributed by atoms with Crippen LogP contribution >= 0.6 is 27.5 Å². The van der Waals surface area contributed by atoms with E-state index in [1.54, 1.807) is 4.68 Å². The van der Waals surface area contributed by atoms with E-state index in [4.69, 9.17) is 11.6 Å². The summed E-state index contributed by atoms with van der Waals surface area (Å²) in [5.41, 5.74) is 1.04. The number of rotatable bonds is 2. The summed E-state index contributed by atoms with van der Waals surface area (Å²) in [6, 6.07) is 0. The Morgan fingerprint density at radius 3 is 2.80 bits per heavy atom. The monoisotopic (exact) mass is 223 g/mol. The Labute approximate surface area is 72.5 Å². The second kappa shape index (κ2) is 3.34. The lowest BCUT2D eigenvalue weighted by Gasteiger charge is -1.95. The van der Waals surface area contributed by atoms with E-state index in [2.05, 4.69) is 26.2 Å². The molecule has 10 heavy (non-hydrogen) atoms. The average Bonchev–Trinajstić information content (AvgIpc) is 2.20. The zero-order valence-corrected chi connectivity index (χ0v) is 7.85. The van der Waals surface area contributed by atoms with Crippen molar-refractivity contribution < 1.29 is 0 Å². The van der Waals surface area contributed by atoms with E-state index < -0.39 is 0 Å². The van der Waals surface area contributed by atoms with Gasteiger partial charge in [0, 0.05) is 19.3 Å². The molecule has 0 aromatic carbocycles. The Morgan fingerprint density at radius 1 is 1.70 bits per heavy atom. The van der Waals surface area contributed by atoms with E-state index >= 15 is 0 Å². The maximum absolute atomic E-state index is 5.55. The Kier molecular flexibility index (Phi) is 2.68. The van der Waals surface area contributed by atoms with Crippen molar-refractivity contribution in [1.82, 2.24) is 15.0 Å². The van der Waals surface area contributed by atoms with Crippen LogP contribution in [0.4, 0.5) is 0 Å². The van der Waals surface area contributed by atoms with Gasteiger partial charge in [0.05, 0.1) is 5.69 Å². The van der Waals surface area contributed by atoms with Gasteiger partial charge < -0.3 is 0 Å². The van der Waals surface area contributed by atoms with E-state index in [1.165, 1.54) is 0 Å². The standard InChI is InChI=1S/C5H7BrClN3/c1-10-4(2-3-7)5(6)8-9-10/h2-3H2,1H3. The number of hydrogen-bond donors (Lipinski definition) is 0. The van der Waals surface area contributed by atoms with E-state index in [0.29, 0.717) is 5.88 Å². The minimum absolute atomic E-state index is 0.597. The molecule has 5 heteroatoms. The van der Waals surface area contributed by atoms with E-state index in [9.17, 15) is 0 Å². The summed E-state index contributed by atoms with van der Waals surface area (Å²) in [4.78, 5) is 0. The highest BCUT2D eigenvalue weighted by Crippen LogP contribution is 2.12. The molecule has 0 atom stereocenters. The predicted octanol–water partition coefficient (Wildman–Crippen LogP) is 1.36. The number of halogens is 2. The van der Waals surface area contributed by atoms with E-state index in [1.807, 2.05) is 7.05 Å². The maximum Gasteiger partial charge on any atom is 0.151 e.